The lowest BCUT2D eigenvalue weighted by atomic mass is 9.77. The number of hydrogen-bond acceptors (Lipinski definition) is 1. The molecule has 2 rings (SSSR count). The van der Waals surface area contributed by atoms with Crippen LogP contribution in [0, 0.1) is 5.82 Å². The summed E-state index contributed by atoms with van der Waals surface area (Å²) in [5.41, 5.74) is 9.51. The molecule has 0 radical (unpaired) electrons. The van der Waals surface area contributed by atoms with Crippen LogP contribution in [-0.4, -0.2) is 6.54 Å². The van der Waals surface area contributed by atoms with Crippen LogP contribution in [0.5, 0.6) is 0 Å². The number of aryl methyl sites for hydroxylation is 1. The first kappa shape index (κ1) is 14.7. The molecule has 0 fully saturated rings. The Labute approximate surface area is 120 Å². The number of nitrogens with two attached hydrogens (primary N) is 1. The van der Waals surface area contributed by atoms with E-state index >= 15 is 0 Å². The van der Waals surface area contributed by atoms with E-state index in [1.807, 2.05) is 12.1 Å². The molecule has 0 bridgehead atoms. The zero-order valence-corrected chi connectivity index (χ0v) is 12.2. The van der Waals surface area contributed by atoms with E-state index in [9.17, 15) is 4.39 Å². The molecule has 1 atom stereocenters. The van der Waals surface area contributed by atoms with Gasteiger partial charge in [-0.25, -0.2) is 4.39 Å². The molecule has 20 heavy (non-hydrogen) atoms. The lowest BCUT2D eigenvalue weighted by Gasteiger charge is -2.29. The summed E-state index contributed by atoms with van der Waals surface area (Å²) in [4.78, 5) is 0. The minimum atomic E-state index is -0.208. The highest BCUT2D eigenvalue weighted by atomic mass is 19.1. The predicted octanol–water partition coefficient (Wildman–Crippen LogP) is 3.85. The van der Waals surface area contributed by atoms with Crippen molar-refractivity contribution in [3.05, 3.63) is 71.0 Å². The van der Waals surface area contributed by atoms with Gasteiger partial charge in [-0.15, -0.1) is 0 Å². The van der Waals surface area contributed by atoms with Crippen molar-refractivity contribution >= 4 is 0 Å². The summed E-state index contributed by atoms with van der Waals surface area (Å²) < 4.78 is 13.1. The van der Waals surface area contributed by atoms with Gasteiger partial charge < -0.3 is 5.73 Å². The summed E-state index contributed by atoms with van der Waals surface area (Å²) in [5.74, 6) is -0.208. The second-order valence-electron chi connectivity index (χ2n) is 5.62. The number of rotatable bonds is 5. The second kappa shape index (κ2) is 6.19. The molecule has 0 aromatic heterocycles. The monoisotopic (exact) mass is 271 g/mol. The van der Waals surface area contributed by atoms with Crippen molar-refractivity contribution in [1.29, 1.82) is 0 Å². The van der Waals surface area contributed by atoms with Gasteiger partial charge in [0, 0.05) is 12.0 Å². The van der Waals surface area contributed by atoms with Gasteiger partial charge in [0.15, 0.2) is 0 Å². The third-order valence-electron chi connectivity index (χ3n) is 4.02. The first-order valence-corrected chi connectivity index (χ1v) is 7.11. The molecule has 0 amide bonds. The smallest absolute Gasteiger partial charge is 0.123 e. The molecule has 2 N–H and O–H groups in total. The Morgan fingerprint density at radius 1 is 0.950 bits per heavy atom. The Balaban J connectivity index is 2.23. The Hall–Kier alpha value is -1.67. The van der Waals surface area contributed by atoms with Crippen LogP contribution in [-0.2, 0) is 18.3 Å². The molecular formula is C18H22FN. The van der Waals surface area contributed by atoms with Crippen molar-refractivity contribution in [2.45, 2.75) is 32.1 Å². The average molecular weight is 271 g/mol. The van der Waals surface area contributed by atoms with E-state index in [0.717, 1.165) is 18.4 Å². The molecule has 2 aromatic rings. The number of halogens is 1. The fourth-order valence-electron chi connectivity index (χ4n) is 2.49. The van der Waals surface area contributed by atoms with E-state index in [0.29, 0.717) is 6.54 Å². The van der Waals surface area contributed by atoms with Gasteiger partial charge in [-0.2, -0.15) is 0 Å². The molecule has 0 spiro atoms. The van der Waals surface area contributed by atoms with Crippen LogP contribution in [0.2, 0.25) is 0 Å². The molecule has 0 saturated heterocycles. The minimum Gasteiger partial charge on any atom is -0.330 e. The molecule has 2 heteroatoms. The van der Waals surface area contributed by atoms with Crippen LogP contribution in [0.25, 0.3) is 0 Å². The zero-order chi connectivity index (χ0) is 14.6. The Bertz CT molecular complexity index is 545. The second-order valence-corrected chi connectivity index (χ2v) is 5.62. The average Bonchev–Trinajstić information content (AvgIpc) is 2.48. The first-order chi connectivity index (χ1) is 9.57. The van der Waals surface area contributed by atoms with Crippen molar-refractivity contribution in [2.24, 2.45) is 5.73 Å². The van der Waals surface area contributed by atoms with Gasteiger partial charge in [-0.05, 0) is 41.7 Å². The van der Waals surface area contributed by atoms with Gasteiger partial charge in [0.05, 0.1) is 0 Å². The molecule has 0 aliphatic rings. The Morgan fingerprint density at radius 3 is 2.00 bits per heavy atom. The molecule has 1 unspecified atom stereocenters. The van der Waals surface area contributed by atoms with E-state index in [4.69, 9.17) is 5.73 Å². The molecule has 1 nitrogen and oxygen atoms in total. The number of hydrogen-bond donors (Lipinski definition) is 1. The van der Waals surface area contributed by atoms with Gasteiger partial charge in [0.2, 0.25) is 0 Å². The van der Waals surface area contributed by atoms with Crippen molar-refractivity contribution in [2.75, 3.05) is 6.54 Å². The molecule has 0 aliphatic carbocycles. The highest BCUT2D eigenvalue weighted by Crippen LogP contribution is 2.27. The fraction of sp³-hybridized carbons (Fsp3) is 0.333. The van der Waals surface area contributed by atoms with Crippen LogP contribution in [0.1, 0.15) is 30.5 Å². The normalized spacial score (nSPS) is 14.0. The summed E-state index contributed by atoms with van der Waals surface area (Å²) in [6.45, 7) is 4.82. The summed E-state index contributed by atoms with van der Waals surface area (Å²) in [5, 5.41) is 0. The van der Waals surface area contributed by atoms with Crippen molar-refractivity contribution in [1.82, 2.24) is 0 Å². The molecule has 0 aliphatic heterocycles. The minimum absolute atomic E-state index is 0.165. The first-order valence-electron chi connectivity index (χ1n) is 7.11. The highest BCUT2D eigenvalue weighted by Gasteiger charge is 2.25. The van der Waals surface area contributed by atoms with Gasteiger partial charge >= 0.3 is 0 Å². The van der Waals surface area contributed by atoms with E-state index in [1.165, 1.54) is 23.3 Å². The summed E-state index contributed by atoms with van der Waals surface area (Å²) >= 11 is 0. The van der Waals surface area contributed by atoms with Crippen LogP contribution < -0.4 is 5.73 Å². The van der Waals surface area contributed by atoms with Crippen LogP contribution in [0.4, 0.5) is 4.39 Å². The zero-order valence-electron chi connectivity index (χ0n) is 12.2. The maximum atomic E-state index is 13.1. The van der Waals surface area contributed by atoms with Crippen molar-refractivity contribution in [3.8, 4) is 0 Å². The summed E-state index contributed by atoms with van der Waals surface area (Å²) in [6.07, 6.45) is 1.91. The molecule has 106 valence electrons. The standard InChI is InChI=1S/C18H22FN/c1-3-14-4-6-15(7-5-14)12-18(2,13-20)16-8-10-17(19)11-9-16/h4-11H,3,12-13,20H2,1-2H3. The molecule has 0 heterocycles. The van der Waals surface area contributed by atoms with Gasteiger partial charge in [-0.1, -0.05) is 50.2 Å². The van der Waals surface area contributed by atoms with Crippen LogP contribution in [0.15, 0.2) is 48.5 Å². The Kier molecular flexibility index (Phi) is 4.56. The van der Waals surface area contributed by atoms with Gasteiger partial charge in [0.25, 0.3) is 0 Å². The highest BCUT2D eigenvalue weighted by molar-refractivity contribution is 5.31. The number of benzene rings is 2. The maximum absolute atomic E-state index is 13.1. The summed E-state index contributed by atoms with van der Waals surface area (Å²) in [7, 11) is 0. The fourth-order valence-corrected chi connectivity index (χ4v) is 2.49. The van der Waals surface area contributed by atoms with E-state index in [2.05, 4.69) is 38.1 Å². The lowest BCUT2D eigenvalue weighted by molar-refractivity contribution is 0.479. The largest absolute Gasteiger partial charge is 0.330 e. The quantitative estimate of drug-likeness (QED) is 0.878. The lowest BCUT2D eigenvalue weighted by Crippen LogP contribution is -2.34. The van der Waals surface area contributed by atoms with Gasteiger partial charge in [0.1, 0.15) is 5.82 Å². The third kappa shape index (κ3) is 3.26. The molecule has 0 saturated carbocycles. The van der Waals surface area contributed by atoms with Crippen LogP contribution >= 0.6 is 0 Å². The van der Waals surface area contributed by atoms with E-state index in [-0.39, 0.29) is 11.2 Å². The molecule has 2 aromatic carbocycles. The SMILES string of the molecule is CCc1ccc(CC(C)(CN)c2ccc(F)cc2)cc1. The van der Waals surface area contributed by atoms with E-state index in [1.54, 1.807) is 0 Å². The van der Waals surface area contributed by atoms with Crippen LogP contribution in [0.3, 0.4) is 0 Å². The summed E-state index contributed by atoms with van der Waals surface area (Å²) in [6, 6.07) is 15.3. The van der Waals surface area contributed by atoms with Crippen molar-refractivity contribution in [3.63, 3.8) is 0 Å². The molecular weight excluding hydrogens is 249 g/mol. The third-order valence-corrected chi connectivity index (χ3v) is 4.02. The van der Waals surface area contributed by atoms with Gasteiger partial charge in [-0.3, -0.25) is 0 Å². The topological polar surface area (TPSA) is 26.0 Å². The maximum Gasteiger partial charge on any atom is 0.123 e. The Morgan fingerprint density at radius 2 is 1.50 bits per heavy atom. The van der Waals surface area contributed by atoms with Crippen molar-refractivity contribution < 1.29 is 4.39 Å². The van der Waals surface area contributed by atoms with E-state index < -0.39 is 0 Å². The predicted molar refractivity (Wildman–Crippen MR) is 82.3 cm³/mol.